The summed E-state index contributed by atoms with van der Waals surface area (Å²) in [5, 5.41) is 12.3. The Kier molecular flexibility index (Phi) is 6.49. The van der Waals surface area contributed by atoms with Crippen molar-refractivity contribution in [2.75, 3.05) is 26.7 Å². The zero-order valence-corrected chi connectivity index (χ0v) is 11.3. The van der Waals surface area contributed by atoms with Crippen LogP contribution in [0.1, 0.15) is 33.1 Å². The van der Waals surface area contributed by atoms with Crippen LogP contribution in [0, 0.1) is 11.3 Å². The van der Waals surface area contributed by atoms with Crippen molar-refractivity contribution in [2.45, 2.75) is 51.3 Å². The van der Waals surface area contributed by atoms with Crippen molar-refractivity contribution in [1.82, 2.24) is 10.2 Å². The van der Waals surface area contributed by atoms with Gasteiger partial charge in [-0.1, -0.05) is 0 Å². The second kappa shape index (κ2) is 7.65. The Morgan fingerprint density at radius 2 is 2.29 bits per heavy atom. The zero-order chi connectivity index (χ0) is 12.7. The number of rotatable bonds is 7. The van der Waals surface area contributed by atoms with E-state index in [0.29, 0.717) is 12.1 Å². The van der Waals surface area contributed by atoms with E-state index in [9.17, 15) is 0 Å². The quantitative estimate of drug-likeness (QED) is 0.729. The average Bonchev–Trinajstić information content (AvgIpc) is 2.76. The molecule has 4 nitrogen and oxygen atoms in total. The maximum absolute atomic E-state index is 9.02. The minimum atomic E-state index is -0.0399. The van der Waals surface area contributed by atoms with Crippen LogP contribution in [-0.2, 0) is 4.74 Å². The molecule has 0 aromatic heterocycles. The minimum Gasteiger partial charge on any atom is -0.377 e. The van der Waals surface area contributed by atoms with Crippen LogP contribution in [0.5, 0.6) is 0 Å². The van der Waals surface area contributed by atoms with E-state index in [2.05, 4.69) is 37.2 Å². The van der Waals surface area contributed by atoms with Crippen molar-refractivity contribution in [3.05, 3.63) is 0 Å². The summed E-state index contributed by atoms with van der Waals surface area (Å²) in [7, 11) is 2.10. The summed E-state index contributed by atoms with van der Waals surface area (Å²) in [4.78, 5) is 2.27. The number of nitrogens with zero attached hydrogens (tertiary/aromatic N) is 2. The van der Waals surface area contributed by atoms with Crippen LogP contribution >= 0.6 is 0 Å². The van der Waals surface area contributed by atoms with E-state index in [1.165, 1.54) is 12.8 Å². The van der Waals surface area contributed by atoms with Crippen molar-refractivity contribution in [3.63, 3.8) is 0 Å². The molecule has 1 rings (SSSR count). The van der Waals surface area contributed by atoms with E-state index in [1.807, 2.05) is 0 Å². The van der Waals surface area contributed by atoms with Crippen molar-refractivity contribution in [1.29, 1.82) is 5.26 Å². The van der Waals surface area contributed by atoms with Crippen molar-refractivity contribution in [2.24, 2.45) is 0 Å². The maximum atomic E-state index is 9.02. The molecule has 0 spiro atoms. The fourth-order valence-electron chi connectivity index (χ4n) is 2.16. The Labute approximate surface area is 105 Å². The van der Waals surface area contributed by atoms with Crippen LogP contribution in [0.2, 0.25) is 0 Å². The van der Waals surface area contributed by atoms with Crippen molar-refractivity contribution in [3.8, 4) is 6.07 Å². The fourth-order valence-corrected chi connectivity index (χ4v) is 2.16. The van der Waals surface area contributed by atoms with Crippen LogP contribution in [0.3, 0.4) is 0 Å². The second-order valence-electron chi connectivity index (χ2n) is 5.19. The summed E-state index contributed by atoms with van der Waals surface area (Å²) in [5.74, 6) is 0. The van der Waals surface area contributed by atoms with Gasteiger partial charge in [-0.15, -0.1) is 0 Å². The summed E-state index contributed by atoms with van der Waals surface area (Å²) in [6, 6.07) is 2.64. The molecule has 0 aromatic carbocycles. The lowest BCUT2D eigenvalue weighted by Crippen LogP contribution is -2.37. The molecule has 0 aromatic rings. The molecular formula is C13H25N3O. The van der Waals surface area contributed by atoms with Gasteiger partial charge in [-0.3, -0.25) is 5.32 Å². The average molecular weight is 239 g/mol. The molecule has 1 N–H and O–H groups in total. The Balaban J connectivity index is 2.17. The first-order chi connectivity index (χ1) is 8.11. The third-order valence-electron chi connectivity index (χ3n) is 3.03. The molecule has 1 saturated heterocycles. The van der Waals surface area contributed by atoms with Crippen molar-refractivity contribution < 1.29 is 4.74 Å². The molecule has 1 aliphatic rings. The highest BCUT2D eigenvalue weighted by Gasteiger charge is 2.18. The van der Waals surface area contributed by atoms with Gasteiger partial charge in [-0.25, -0.2) is 0 Å². The van der Waals surface area contributed by atoms with Gasteiger partial charge in [0.25, 0.3) is 0 Å². The predicted molar refractivity (Wildman–Crippen MR) is 68.8 cm³/mol. The first kappa shape index (κ1) is 14.4. The number of nitriles is 1. The highest BCUT2D eigenvalue weighted by atomic mass is 16.5. The standard InChI is InChI=1S/C13H25N3O/c1-11(2)15-12(9-14)6-7-16(3)10-13-5-4-8-17-13/h11-13,15H,4-8,10H2,1-3H3. The lowest BCUT2D eigenvalue weighted by atomic mass is 10.2. The molecule has 0 amide bonds. The monoisotopic (exact) mass is 239 g/mol. The third kappa shape index (κ3) is 6.02. The number of ether oxygens (including phenoxy) is 1. The topological polar surface area (TPSA) is 48.3 Å². The van der Waals surface area contributed by atoms with Crippen LogP contribution in [0.4, 0.5) is 0 Å². The third-order valence-corrected chi connectivity index (χ3v) is 3.03. The SMILES string of the molecule is CC(C)NC(C#N)CCN(C)CC1CCCO1. The highest BCUT2D eigenvalue weighted by Crippen LogP contribution is 2.12. The summed E-state index contributed by atoms with van der Waals surface area (Å²) < 4.78 is 5.60. The number of hydrogen-bond acceptors (Lipinski definition) is 4. The van der Waals surface area contributed by atoms with E-state index in [-0.39, 0.29) is 6.04 Å². The molecular weight excluding hydrogens is 214 g/mol. The van der Waals surface area contributed by atoms with E-state index >= 15 is 0 Å². The van der Waals surface area contributed by atoms with Gasteiger partial charge in [0, 0.05) is 25.7 Å². The van der Waals surface area contributed by atoms with Gasteiger partial charge in [-0.05, 0) is 40.2 Å². The first-order valence-electron chi connectivity index (χ1n) is 6.57. The molecule has 4 heteroatoms. The van der Waals surface area contributed by atoms with Crippen LogP contribution < -0.4 is 5.32 Å². The highest BCUT2D eigenvalue weighted by molar-refractivity contribution is 4.91. The summed E-state index contributed by atoms with van der Waals surface area (Å²) in [5.41, 5.74) is 0. The number of likely N-dealkylation sites (N-methyl/N-ethyl adjacent to an activating group) is 1. The molecule has 2 atom stereocenters. The molecule has 1 heterocycles. The normalized spacial score (nSPS) is 22.0. The Bertz CT molecular complexity index is 244. The van der Waals surface area contributed by atoms with Gasteiger partial charge in [0.05, 0.1) is 18.2 Å². The molecule has 1 fully saturated rings. The molecule has 0 saturated carbocycles. The number of nitrogens with one attached hydrogen (secondary N) is 1. The summed E-state index contributed by atoms with van der Waals surface area (Å²) in [6.45, 7) is 6.98. The Hall–Kier alpha value is -0.630. The van der Waals surface area contributed by atoms with Gasteiger partial charge in [-0.2, -0.15) is 5.26 Å². The van der Waals surface area contributed by atoms with Crippen molar-refractivity contribution >= 4 is 0 Å². The van der Waals surface area contributed by atoms with Crippen LogP contribution in [-0.4, -0.2) is 49.8 Å². The Morgan fingerprint density at radius 3 is 2.82 bits per heavy atom. The second-order valence-corrected chi connectivity index (χ2v) is 5.19. The molecule has 1 aliphatic heterocycles. The van der Waals surface area contributed by atoms with Crippen LogP contribution in [0.25, 0.3) is 0 Å². The van der Waals surface area contributed by atoms with Crippen LogP contribution in [0.15, 0.2) is 0 Å². The largest absolute Gasteiger partial charge is 0.377 e. The maximum Gasteiger partial charge on any atom is 0.0967 e. The van der Waals surface area contributed by atoms with E-state index in [1.54, 1.807) is 0 Å². The molecule has 98 valence electrons. The summed E-state index contributed by atoms with van der Waals surface area (Å²) in [6.07, 6.45) is 3.64. The number of hydrogen-bond donors (Lipinski definition) is 1. The molecule has 2 unspecified atom stereocenters. The lowest BCUT2D eigenvalue weighted by Gasteiger charge is -2.22. The summed E-state index contributed by atoms with van der Waals surface area (Å²) >= 11 is 0. The van der Waals surface area contributed by atoms with Gasteiger partial charge < -0.3 is 9.64 Å². The predicted octanol–water partition coefficient (Wildman–Crippen LogP) is 1.38. The fraction of sp³-hybridized carbons (Fsp3) is 0.923. The Morgan fingerprint density at radius 1 is 1.53 bits per heavy atom. The lowest BCUT2D eigenvalue weighted by molar-refractivity contribution is 0.0804. The van der Waals surface area contributed by atoms with E-state index in [4.69, 9.17) is 10.00 Å². The van der Waals surface area contributed by atoms with E-state index in [0.717, 1.165) is 26.1 Å². The zero-order valence-electron chi connectivity index (χ0n) is 11.3. The minimum absolute atomic E-state index is 0.0399. The molecule has 0 aliphatic carbocycles. The smallest absolute Gasteiger partial charge is 0.0967 e. The molecule has 17 heavy (non-hydrogen) atoms. The first-order valence-corrected chi connectivity index (χ1v) is 6.57. The molecule has 0 bridgehead atoms. The van der Waals surface area contributed by atoms with Gasteiger partial charge in [0.15, 0.2) is 0 Å². The van der Waals surface area contributed by atoms with Gasteiger partial charge in [0.1, 0.15) is 0 Å². The van der Waals surface area contributed by atoms with Gasteiger partial charge in [0.2, 0.25) is 0 Å². The van der Waals surface area contributed by atoms with E-state index < -0.39 is 0 Å². The molecule has 0 radical (unpaired) electrons. The van der Waals surface area contributed by atoms with Gasteiger partial charge >= 0.3 is 0 Å².